The number of nitrogens with one attached hydrogen (secondary N) is 2. The predicted octanol–water partition coefficient (Wildman–Crippen LogP) is 0.723. The number of carbonyl (C=O) groups excluding carboxylic acids is 2. The molecule has 2 amide bonds. The number of rotatable bonds is 4. The van der Waals surface area contributed by atoms with Gasteiger partial charge in [0.15, 0.2) is 0 Å². The van der Waals surface area contributed by atoms with Crippen molar-refractivity contribution in [3.8, 4) is 5.88 Å². The van der Waals surface area contributed by atoms with Crippen molar-refractivity contribution in [2.75, 3.05) is 19.0 Å². The van der Waals surface area contributed by atoms with Gasteiger partial charge in [0.05, 0.1) is 25.0 Å². The third-order valence-corrected chi connectivity index (χ3v) is 2.95. The lowest BCUT2D eigenvalue weighted by molar-refractivity contribution is -0.117. The molecule has 1 aliphatic heterocycles. The lowest BCUT2D eigenvalue weighted by atomic mass is 10.2. The zero-order chi connectivity index (χ0) is 13.8. The summed E-state index contributed by atoms with van der Waals surface area (Å²) in [6, 6.07) is 1.26. The lowest BCUT2D eigenvalue weighted by Gasteiger charge is -2.12. The normalized spacial score (nSPS) is 16.3. The molecule has 1 aliphatic rings. The molecule has 1 atom stereocenters. The van der Waals surface area contributed by atoms with E-state index in [1.54, 1.807) is 0 Å². The van der Waals surface area contributed by atoms with E-state index in [4.69, 9.17) is 10.5 Å². The highest BCUT2D eigenvalue weighted by Gasteiger charge is 2.22. The number of amides is 2. The quantitative estimate of drug-likeness (QED) is 0.751. The molecule has 1 fully saturated rings. The van der Waals surface area contributed by atoms with Crippen molar-refractivity contribution < 1.29 is 14.3 Å². The van der Waals surface area contributed by atoms with Crippen LogP contribution in [0.15, 0.2) is 12.3 Å². The summed E-state index contributed by atoms with van der Waals surface area (Å²) in [4.78, 5) is 27.1. The summed E-state index contributed by atoms with van der Waals surface area (Å²) in [5.74, 6) is -0.649. The molecule has 1 aromatic rings. The van der Waals surface area contributed by atoms with Gasteiger partial charge >= 0.3 is 0 Å². The number of pyridine rings is 1. The van der Waals surface area contributed by atoms with Crippen LogP contribution in [0.1, 0.15) is 23.2 Å². The monoisotopic (exact) mass is 336 g/mol. The maximum absolute atomic E-state index is 11.9. The number of primary amides is 1. The smallest absolute Gasteiger partial charge is 0.254 e. The number of carbonyl (C=O) groups is 2. The summed E-state index contributed by atoms with van der Waals surface area (Å²) in [5.41, 5.74) is 5.79. The van der Waals surface area contributed by atoms with E-state index in [1.807, 2.05) is 0 Å². The van der Waals surface area contributed by atoms with Crippen molar-refractivity contribution in [1.82, 2.24) is 10.3 Å². The number of nitrogens with zero attached hydrogens (tertiary/aromatic N) is 1. The van der Waals surface area contributed by atoms with Crippen molar-refractivity contribution in [2.45, 2.75) is 18.9 Å². The Bertz CT molecular complexity index is 507. The first-order valence-electron chi connectivity index (χ1n) is 6.00. The van der Waals surface area contributed by atoms with E-state index in [0.29, 0.717) is 5.69 Å². The zero-order valence-electron chi connectivity index (χ0n) is 11.4. The van der Waals surface area contributed by atoms with Crippen LogP contribution < -0.4 is 21.1 Å². The van der Waals surface area contributed by atoms with E-state index < -0.39 is 5.91 Å². The summed E-state index contributed by atoms with van der Waals surface area (Å²) >= 11 is 0. The topological polar surface area (TPSA) is 106 Å². The second-order valence-corrected chi connectivity index (χ2v) is 4.28. The van der Waals surface area contributed by atoms with Gasteiger partial charge in [-0.15, -0.1) is 24.8 Å². The van der Waals surface area contributed by atoms with E-state index in [1.165, 1.54) is 19.4 Å². The van der Waals surface area contributed by atoms with Gasteiger partial charge in [0.2, 0.25) is 11.8 Å². The van der Waals surface area contributed by atoms with E-state index in [9.17, 15) is 9.59 Å². The highest BCUT2D eigenvalue weighted by molar-refractivity contribution is 5.99. The van der Waals surface area contributed by atoms with Crippen molar-refractivity contribution in [2.24, 2.45) is 5.73 Å². The van der Waals surface area contributed by atoms with Gasteiger partial charge in [0.25, 0.3) is 5.91 Å². The number of halogens is 2. The highest BCUT2D eigenvalue weighted by atomic mass is 35.5. The number of methoxy groups -OCH3 is 1. The molecule has 7 nitrogen and oxygen atoms in total. The van der Waals surface area contributed by atoms with Crippen LogP contribution in [0.25, 0.3) is 0 Å². The molecule has 4 N–H and O–H groups in total. The fourth-order valence-electron chi connectivity index (χ4n) is 2.00. The average molecular weight is 337 g/mol. The van der Waals surface area contributed by atoms with Crippen LogP contribution in [0.2, 0.25) is 0 Å². The molecule has 0 saturated carbocycles. The predicted molar refractivity (Wildman–Crippen MR) is 83.5 cm³/mol. The first-order valence-corrected chi connectivity index (χ1v) is 6.00. The third-order valence-electron chi connectivity index (χ3n) is 2.95. The maximum Gasteiger partial charge on any atom is 0.254 e. The van der Waals surface area contributed by atoms with Crippen LogP contribution in [-0.2, 0) is 4.79 Å². The molecule has 2 rings (SSSR count). The van der Waals surface area contributed by atoms with Crippen LogP contribution in [0.3, 0.4) is 0 Å². The SMILES string of the molecule is COc1ncc(NC(=O)[C@@H]2CCCN2)cc1C(N)=O.Cl.Cl. The molecule has 0 bridgehead atoms. The van der Waals surface area contributed by atoms with E-state index in [-0.39, 0.29) is 48.2 Å². The number of hydrogen-bond donors (Lipinski definition) is 3. The molecule has 0 aromatic carbocycles. The van der Waals surface area contributed by atoms with Crippen LogP contribution in [0.5, 0.6) is 5.88 Å². The Balaban J connectivity index is 0.00000200. The number of nitrogens with two attached hydrogens (primary N) is 1. The Morgan fingerprint density at radius 3 is 2.71 bits per heavy atom. The number of hydrogen-bond acceptors (Lipinski definition) is 5. The second kappa shape index (κ2) is 8.66. The molecular weight excluding hydrogens is 319 g/mol. The van der Waals surface area contributed by atoms with Crippen molar-refractivity contribution in [3.05, 3.63) is 17.8 Å². The van der Waals surface area contributed by atoms with Gasteiger partial charge < -0.3 is 21.1 Å². The molecule has 21 heavy (non-hydrogen) atoms. The summed E-state index contributed by atoms with van der Waals surface area (Å²) in [7, 11) is 1.40. The van der Waals surface area contributed by atoms with Crippen molar-refractivity contribution in [1.29, 1.82) is 0 Å². The molecule has 0 radical (unpaired) electrons. The van der Waals surface area contributed by atoms with Gasteiger partial charge in [-0.3, -0.25) is 9.59 Å². The minimum atomic E-state index is -0.653. The summed E-state index contributed by atoms with van der Waals surface area (Å²) in [6.45, 7) is 0.839. The summed E-state index contributed by atoms with van der Waals surface area (Å²) < 4.78 is 4.93. The second-order valence-electron chi connectivity index (χ2n) is 4.28. The largest absolute Gasteiger partial charge is 0.480 e. The molecule has 0 spiro atoms. The average Bonchev–Trinajstić information content (AvgIpc) is 2.92. The van der Waals surface area contributed by atoms with Gasteiger partial charge in [-0.25, -0.2) is 4.98 Å². The van der Waals surface area contributed by atoms with Gasteiger partial charge in [0, 0.05) is 0 Å². The molecule has 9 heteroatoms. The molecular formula is C12H18Cl2N4O3. The highest BCUT2D eigenvalue weighted by Crippen LogP contribution is 2.19. The Kier molecular flexibility index (Phi) is 8.01. The van der Waals surface area contributed by atoms with Crippen LogP contribution >= 0.6 is 24.8 Å². The lowest BCUT2D eigenvalue weighted by Crippen LogP contribution is -2.35. The standard InChI is InChI=1S/C12H16N4O3.2ClH/c1-19-12-8(10(13)17)5-7(6-15-12)16-11(18)9-3-2-4-14-9;;/h5-6,9,14H,2-4H2,1H3,(H2,13,17)(H,16,18);2*1H/t9-;;/m0../s1. The third kappa shape index (κ3) is 4.73. The van der Waals surface area contributed by atoms with Gasteiger partial charge in [-0.1, -0.05) is 0 Å². The first-order chi connectivity index (χ1) is 9.11. The summed E-state index contributed by atoms with van der Waals surface area (Å²) in [6.07, 6.45) is 3.21. The van der Waals surface area contributed by atoms with Crippen molar-refractivity contribution in [3.63, 3.8) is 0 Å². The first kappa shape index (κ1) is 19.4. The Morgan fingerprint density at radius 2 is 2.19 bits per heavy atom. The number of anilines is 1. The number of ether oxygens (including phenoxy) is 1. The van der Waals surface area contributed by atoms with E-state index >= 15 is 0 Å². The van der Waals surface area contributed by atoms with E-state index in [0.717, 1.165) is 19.4 Å². The maximum atomic E-state index is 11.9. The summed E-state index contributed by atoms with van der Waals surface area (Å²) in [5, 5.41) is 5.79. The van der Waals surface area contributed by atoms with Crippen molar-refractivity contribution >= 4 is 42.3 Å². The molecule has 1 aromatic heterocycles. The Labute approximate surface area is 134 Å². The van der Waals surface area contributed by atoms with E-state index in [2.05, 4.69) is 15.6 Å². The fourth-order valence-corrected chi connectivity index (χ4v) is 2.00. The van der Waals surface area contributed by atoms with Crippen LogP contribution in [0, 0.1) is 0 Å². The Morgan fingerprint density at radius 1 is 1.48 bits per heavy atom. The molecule has 0 unspecified atom stereocenters. The van der Waals surface area contributed by atoms with Crippen LogP contribution in [-0.4, -0.2) is 36.5 Å². The Hall–Kier alpha value is -1.57. The molecule has 1 saturated heterocycles. The fraction of sp³-hybridized carbons (Fsp3) is 0.417. The molecule has 118 valence electrons. The van der Waals surface area contributed by atoms with Gasteiger partial charge in [0.1, 0.15) is 5.56 Å². The minimum absolute atomic E-state index is 0. The zero-order valence-corrected chi connectivity index (χ0v) is 13.1. The van der Waals surface area contributed by atoms with Gasteiger partial charge in [-0.2, -0.15) is 0 Å². The minimum Gasteiger partial charge on any atom is -0.480 e. The van der Waals surface area contributed by atoms with Gasteiger partial charge in [-0.05, 0) is 25.5 Å². The molecule has 0 aliphatic carbocycles. The number of aromatic nitrogens is 1. The van der Waals surface area contributed by atoms with Crippen LogP contribution in [0.4, 0.5) is 5.69 Å². The molecule has 2 heterocycles.